The number of nitrogens with two attached hydrogens (primary N) is 1. The van der Waals surface area contributed by atoms with Crippen molar-refractivity contribution in [3.63, 3.8) is 0 Å². The summed E-state index contributed by atoms with van der Waals surface area (Å²) < 4.78 is 79.5. The van der Waals surface area contributed by atoms with Crippen LogP contribution in [0.1, 0.15) is 5.89 Å². The van der Waals surface area contributed by atoms with E-state index in [1.54, 1.807) is 0 Å². The molecule has 0 aliphatic heterocycles. The van der Waals surface area contributed by atoms with Crippen molar-refractivity contribution in [1.29, 1.82) is 0 Å². The van der Waals surface area contributed by atoms with E-state index in [-0.39, 0.29) is 27.5 Å². The number of hydrogen-bond acceptors (Lipinski definition) is 4. The van der Waals surface area contributed by atoms with Gasteiger partial charge in [0, 0.05) is 11.1 Å². The average Bonchev–Trinajstić information content (AvgIpc) is 3.00. The molecule has 0 spiro atoms. The number of aromatic nitrogens is 1. The van der Waals surface area contributed by atoms with Crippen molar-refractivity contribution in [2.24, 2.45) is 5.14 Å². The second kappa shape index (κ2) is 6.22. The molecule has 10 heteroatoms. The molecule has 5 nitrogen and oxygen atoms in total. The Bertz CT molecular complexity index is 1040. The van der Waals surface area contributed by atoms with E-state index in [1.165, 1.54) is 24.3 Å². The Morgan fingerprint density at radius 1 is 0.923 bits per heavy atom. The normalized spacial score (nSPS) is 12.3. The van der Waals surface area contributed by atoms with Gasteiger partial charge in [0.1, 0.15) is 11.5 Å². The Balaban J connectivity index is 2.16. The maximum atomic E-state index is 13.1. The van der Waals surface area contributed by atoms with Gasteiger partial charge in [-0.15, -0.1) is 0 Å². The predicted octanol–water partition coefficient (Wildman–Crippen LogP) is 3.81. The van der Waals surface area contributed by atoms with Gasteiger partial charge in [0.2, 0.25) is 10.0 Å². The first kappa shape index (κ1) is 18.1. The number of alkyl halides is 3. The van der Waals surface area contributed by atoms with Crippen LogP contribution >= 0.6 is 0 Å². The van der Waals surface area contributed by atoms with E-state index >= 15 is 0 Å². The van der Waals surface area contributed by atoms with Gasteiger partial charge in [0.25, 0.3) is 0 Å². The van der Waals surface area contributed by atoms with E-state index in [2.05, 4.69) is 4.98 Å². The number of oxazole rings is 1. The predicted molar refractivity (Wildman–Crippen MR) is 83.7 cm³/mol. The topological polar surface area (TPSA) is 86.2 Å². The van der Waals surface area contributed by atoms with Crippen LogP contribution in [-0.4, -0.2) is 13.4 Å². The van der Waals surface area contributed by atoms with Crippen LogP contribution in [0.25, 0.3) is 22.6 Å². The van der Waals surface area contributed by atoms with Crippen molar-refractivity contribution in [1.82, 2.24) is 4.98 Å². The fraction of sp³-hybridized carbons (Fsp3) is 0.0625. The molecule has 136 valence electrons. The third kappa shape index (κ3) is 3.60. The molecule has 0 aliphatic rings. The van der Waals surface area contributed by atoms with Gasteiger partial charge in [-0.2, -0.15) is 13.2 Å². The second-order valence-electron chi connectivity index (χ2n) is 5.27. The molecule has 0 aliphatic carbocycles. The first-order valence-corrected chi connectivity index (χ1v) is 8.57. The Morgan fingerprint density at radius 3 is 1.96 bits per heavy atom. The lowest BCUT2D eigenvalue weighted by atomic mass is 10.1. The van der Waals surface area contributed by atoms with Crippen LogP contribution in [-0.2, 0) is 16.2 Å². The summed E-state index contributed by atoms with van der Waals surface area (Å²) in [5.74, 6) is -2.26. The molecule has 2 aromatic carbocycles. The number of halogens is 4. The van der Waals surface area contributed by atoms with E-state index in [1.807, 2.05) is 0 Å². The molecule has 3 rings (SSSR count). The summed E-state index contributed by atoms with van der Waals surface area (Å²) in [5, 5.41) is 5.00. The summed E-state index contributed by atoms with van der Waals surface area (Å²) in [6.45, 7) is 0. The van der Waals surface area contributed by atoms with Crippen molar-refractivity contribution in [2.45, 2.75) is 11.1 Å². The van der Waals surface area contributed by atoms with Gasteiger partial charge in [-0.05, 0) is 36.4 Å². The van der Waals surface area contributed by atoms with E-state index in [0.29, 0.717) is 0 Å². The zero-order chi connectivity index (χ0) is 19.1. The lowest BCUT2D eigenvalue weighted by molar-refractivity contribution is -0.156. The van der Waals surface area contributed by atoms with Gasteiger partial charge in [0.15, 0.2) is 5.76 Å². The number of primary sulfonamides is 1. The van der Waals surface area contributed by atoms with E-state index in [9.17, 15) is 26.0 Å². The Morgan fingerprint density at radius 2 is 1.46 bits per heavy atom. The van der Waals surface area contributed by atoms with Crippen LogP contribution < -0.4 is 5.14 Å². The van der Waals surface area contributed by atoms with Crippen molar-refractivity contribution in [3.8, 4) is 22.6 Å². The van der Waals surface area contributed by atoms with Crippen LogP contribution in [0.2, 0.25) is 0 Å². The zero-order valence-electron chi connectivity index (χ0n) is 12.8. The highest BCUT2D eigenvalue weighted by Crippen LogP contribution is 2.38. The van der Waals surface area contributed by atoms with Crippen molar-refractivity contribution < 1.29 is 30.4 Å². The maximum Gasteiger partial charge on any atom is 0.468 e. The first-order valence-electron chi connectivity index (χ1n) is 7.03. The molecule has 0 saturated heterocycles. The molecule has 0 atom stereocenters. The molecule has 3 aromatic rings. The largest absolute Gasteiger partial charge is 0.468 e. The standard InChI is InChI=1S/C16H10F4N2O3S/c17-11-5-1-10(2-6-11)14-13(22-15(25-14)16(18,19)20)9-3-7-12(8-4-9)26(21,23)24/h1-8H,(H2,21,23,24)/i17-1. The third-order valence-electron chi connectivity index (χ3n) is 3.43. The van der Waals surface area contributed by atoms with Crippen LogP contribution in [0, 0.1) is 5.82 Å². The lowest BCUT2D eigenvalue weighted by Gasteiger charge is -2.03. The van der Waals surface area contributed by atoms with Crippen molar-refractivity contribution in [3.05, 3.63) is 60.2 Å². The monoisotopic (exact) mass is 385 g/mol. The van der Waals surface area contributed by atoms with Gasteiger partial charge < -0.3 is 4.42 Å². The number of nitrogens with zero attached hydrogens (tertiary/aromatic N) is 1. The maximum absolute atomic E-state index is 13.1. The molecule has 0 unspecified atom stereocenters. The highest BCUT2D eigenvalue weighted by atomic mass is 32.2. The van der Waals surface area contributed by atoms with Crippen molar-refractivity contribution >= 4 is 10.0 Å². The molecule has 26 heavy (non-hydrogen) atoms. The van der Waals surface area contributed by atoms with Crippen LogP contribution in [0.4, 0.5) is 17.6 Å². The Kier molecular flexibility index (Phi) is 4.32. The minimum absolute atomic E-state index is 0.162. The van der Waals surface area contributed by atoms with Crippen LogP contribution in [0.3, 0.4) is 0 Å². The highest BCUT2D eigenvalue weighted by molar-refractivity contribution is 7.89. The van der Waals surface area contributed by atoms with Gasteiger partial charge >= 0.3 is 12.1 Å². The molecule has 2 N–H and O–H groups in total. The molecule has 1 heterocycles. The molecular weight excluding hydrogens is 375 g/mol. The highest BCUT2D eigenvalue weighted by Gasteiger charge is 2.39. The SMILES string of the molecule is NS(=O)(=O)c1ccc(-c2nc(C(F)(F)F)oc2-c2ccc([18F])cc2)cc1. The average molecular weight is 385 g/mol. The molecule has 0 radical (unpaired) electrons. The second-order valence-corrected chi connectivity index (χ2v) is 6.83. The van der Waals surface area contributed by atoms with Crippen molar-refractivity contribution in [2.75, 3.05) is 0 Å². The molecule has 0 fully saturated rings. The summed E-state index contributed by atoms with van der Waals surface area (Å²) in [7, 11) is -3.95. The molecular formula is C16H10F4N2O3S. The van der Waals surface area contributed by atoms with E-state index < -0.39 is 27.9 Å². The quantitative estimate of drug-likeness (QED) is 0.695. The summed E-state index contributed by atoms with van der Waals surface area (Å²) in [6, 6.07) is 9.42. The summed E-state index contributed by atoms with van der Waals surface area (Å²) in [5.41, 5.74) is 0.195. The van der Waals surface area contributed by atoms with Gasteiger partial charge in [-0.3, -0.25) is 0 Å². The molecule has 1 aromatic heterocycles. The molecule has 0 bridgehead atoms. The Hall–Kier alpha value is -2.72. The third-order valence-corrected chi connectivity index (χ3v) is 4.36. The molecule has 0 saturated carbocycles. The Labute approximate surface area is 145 Å². The summed E-state index contributed by atoms with van der Waals surface area (Å²) in [4.78, 5) is 3.27. The van der Waals surface area contributed by atoms with E-state index in [4.69, 9.17) is 9.56 Å². The lowest BCUT2D eigenvalue weighted by Crippen LogP contribution is -2.11. The van der Waals surface area contributed by atoms with Crippen LogP contribution in [0.15, 0.2) is 57.8 Å². The first-order chi connectivity index (χ1) is 12.1. The fourth-order valence-corrected chi connectivity index (χ4v) is 2.75. The van der Waals surface area contributed by atoms with Gasteiger partial charge in [0.05, 0.1) is 4.90 Å². The van der Waals surface area contributed by atoms with E-state index in [0.717, 1.165) is 24.3 Å². The smallest absolute Gasteiger partial charge is 0.432 e. The number of sulfonamides is 1. The molecule has 0 amide bonds. The van der Waals surface area contributed by atoms with Crippen LogP contribution in [0.5, 0.6) is 0 Å². The number of hydrogen-bond donors (Lipinski definition) is 1. The number of benzene rings is 2. The number of rotatable bonds is 3. The van der Waals surface area contributed by atoms with Gasteiger partial charge in [-0.1, -0.05) is 12.1 Å². The minimum atomic E-state index is -4.83. The van der Waals surface area contributed by atoms with Gasteiger partial charge in [-0.25, -0.2) is 22.9 Å². The summed E-state index contributed by atoms with van der Waals surface area (Å²) in [6.07, 6.45) is -4.83. The summed E-state index contributed by atoms with van der Waals surface area (Å²) >= 11 is 0. The fourth-order valence-electron chi connectivity index (χ4n) is 2.24. The zero-order valence-corrected chi connectivity index (χ0v) is 13.6. The minimum Gasteiger partial charge on any atom is -0.432 e.